The van der Waals surface area contributed by atoms with E-state index in [0.29, 0.717) is 0 Å². The molecular weight excluding hydrogens is 192 g/mol. The van der Waals surface area contributed by atoms with Gasteiger partial charge in [0.1, 0.15) is 0 Å². The standard InChI is InChI=1S/C11H18N2O2/c1-5-13-9(4)11(8(3)12-13)7(2)6-10(14)15/h7H,5-6H2,1-4H3,(H,14,15). The Balaban J connectivity index is 3.02. The van der Waals surface area contributed by atoms with Crippen LogP contribution in [-0.2, 0) is 11.3 Å². The number of carboxylic acids is 1. The first kappa shape index (κ1) is 11.8. The van der Waals surface area contributed by atoms with Crippen molar-refractivity contribution in [1.82, 2.24) is 9.78 Å². The molecule has 1 N–H and O–H groups in total. The summed E-state index contributed by atoms with van der Waals surface area (Å²) in [7, 11) is 0. The van der Waals surface area contributed by atoms with Gasteiger partial charge in [0.15, 0.2) is 0 Å². The molecule has 4 nitrogen and oxygen atoms in total. The zero-order valence-corrected chi connectivity index (χ0v) is 9.74. The molecule has 0 aliphatic heterocycles. The van der Waals surface area contributed by atoms with Crippen LogP contribution in [0.15, 0.2) is 0 Å². The molecule has 0 radical (unpaired) electrons. The van der Waals surface area contributed by atoms with Crippen molar-refractivity contribution < 1.29 is 9.90 Å². The van der Waals surface area contributed by atoms with Gasteiger partial charge in [-0.25, -0.2) is 0 Å². The lowest BCUT2D eigenvalue weighted by Gasteiger charge is -2.09. The fourth-order valence-electron chi connectivity index (χ4n) is 2.10. The van der Waals surface area contributed by atoms with Crippen LogP contribution in [0.4, 0.5) is 0 Å². The Hall–Kier alpha value is -1.32. The van der Waals surface area contributed by atoms with E-state index in [2.05, 4.69) is 5.10 Å². The smallest absolute Gasteiger partial charge is 0.303 e. The first-order valence-electron chi connectivity index (χ1n) is 5.23. The van der Waals surface area contributed by atoms with E-state index < -0.39 is 5.97 Å². The summed E-state index contributed by atoms with van der Waals surface area (Å²) in [5, 5.41) is 13.1. The van der Waals surface area contributed by atoms with E-state index >= 15 is 0 Å². The molecule has 0 bridgehead atoms. The monoisotopic (exact) mass is 210 g/mol. The summed E-state index contributed by atoms with van der Waals surface area (Å²) >= 11 is 0. The summed E-state index contributed by atoms with van der Waals surface area (Å²) in [6, 6.07) is 0. The van der Waals surface area contributed by atoms with Crippen LogP contribution in [0.3, 0.4) is 0 Å². The van der Waals surface area contributed by atoms with Crippen LogP contribution in [-0.4, -0.2) is 20.9 Å². The van der Waals surface area contributed by atoms with Crippen LogP contribution in [0.25, 0.3) is 0 Å². The minimum absolute atomic E-state index is 0.0304. The second-order valence-electron chi connectivity index (χ2n) is 3.90. The molecule has 4 heteroatoms. The Labute approximate surface area is 89.9 Å². The first-order valence-corrected chi connectivity index (χ1v) is 5.23. The Morgan fingerprint density at radius 1 is 1.53 bits per heavy atom. The molecule has 1 heterocycles. The largest absolute Gasteiger partial charge is 0.481 e. The number of hydrogen-bond acceptors (Lipinski definition) is 2. The second-order valence-corrected chi connectivity index (χ2v) is 3.90. The van der Waals surface area contributed by atoms with Crippen LogP contribution >= 0.6 is 0 Å². The molecule has 1 aromatic heterocycles. The number of nitrogens with zero attached hydrogens (tertiary/aromatic N) is 2. The van der Waals surface area contributed by atoms with Crippen LogP contribution in [0, 0.1) is 13.8 Å². The fourth-order valence-corrected chi connectivity index (χ4v) is 2.10. The average Bonchev–Trinajstić information content (AvgIpc) is 2.40. The number of aryl methyl sites for hydroxylation is 2. The molecule has 1 aromatic rings. The Morgan fingerprint density at radius 2 is 2.13 bits per heavy atom. The van der Waals surface area contributed by atoms with E-state index in [9.17, 15) is 4.79 Å². The normalized spacial score (nSPS) is 12.8. The molecule has 0 spiro atoms. The number of carbonyl (C=O) groups is 1. The Kier molecular flexibility index (Phi) is 3.50. The van der Waals surface area contributed by atoms with E-state index in [-0.39, 0.29) is 12.3 Å². The number of aliphatic carboxylic acids is 1. The SMILES string of the molecule is CCn1nc(C)c(C(C)CC(=O)O)c1C. The lowest BCUT2D eigenvalue weighted by Crippen LogP contribution is -2.05. The molecule has 0 saturated carbocycles. The van der Waals surface area contributed by atoms with Gasteiger partial charge >= 0.3 is 5.97 Å². The molecular formula is C11H18N2O2. The molecule has 1 rings (SSSR count). The van der Waals surface area contributed by atoms with Gasteiger partial charge in [-0.05, 0) is 32.3 Å². The Bertz CT molecular complexity index is 369. The number of rotatable bonds is 4. The van der Waals surface area contributed by atoms with Crippen molar-refractivity contribution in [1.29, 1.82) is 0 Å². The third-order valence-electron chi connectivity index (χ3n) is 2.71. The molecule has 0 amide bonds. The lowest BCUT2D eigenvalue weighted by molar-refractivity contribution is -0.137. The van der Waals surface area contributed by atoms with Gasteiger partial charge in [0.2, 0.25) is 0 Å². The van der Waals surface area contributed by atoms with Gasteiger partial charge in [0, 0.05) is 12.2 Å². The topological polar surface area (TPSA) is 55.1 Å². The molecule has 0 aliphatic carbocycles. The molecule has 0 fully saturated rings. The molecule has 0 aromatic carbocycles. The first-order chi connectivity index (χ1) is 6.97. The van der Waals surface area contributed by atoms with Crippen molar-refractivity contribution in [2.24, 2.45) is 0 Å². The van der Waals surface area contributed by atoms with E-state index in [1.165, 1.54) is 0 Å². The van der Waals surface area contributed by atoms with Crippen LogP contribution < -0.4 is 0 Å². The minimum Gasteiger partial charge on any atom is -0.481 e. The van der Waals surface area contributed by atoms with Gasteiger partial charge in [-0.15, -0.1) is 0 Å². The number of aromatic nitrogens is 2. The highest BCUT2D eigenvalue weighted by atomic mass is 16.4. The van der Waals surface area contributed by atoms with Crippen LogP contribution in [0.1, 0.15) is 43.1 Å². The van der Waals surface area contributed by atoms with Gasteiger partial charge < -0.3 is 5.11 Å². The number of carboxylic acid groups (broad SMARTS) is 1. The summed E-state index contributed by atoms with van der Waals surface area (Å²) in [4.78, 5) is 10.7. The van der Waals surface area contributed by atoms with Gasteiger partial charge in [-0.3, -0.25) is 9.48 Å². The van der Waals surface area contributed by atoms with Gasteiger partial charge in [-0.2, -0.15) is 5.10 Å². The van der Waals surface area contributed by atoms with Gasteiger partial charge in [0.05, 0.1) is 12.1 Å². The summed E-state index contributed by atoms with van der Waals surface area (Å²) in [6.07, 6.45) is 0.164. The molecule has 84 valence electrons. The summed E-state index contributed by atoms with van der Waals surface area (Å²) < 4.78 is 1.92. The van der Waals surface area contributed by atoms with E-state index in [4.69, 9.17) is 5.11 Å². The highest BCUT2D eigenvalue weighted by Gasteiger charge is 2.18. The van der Waals surface area contributed by atoms with Gasteiger partial charge in [0.25, 0.3) is 0 Å². The van der Waals surface area contributed by atoms with Crippen molar-refractivity contribution >= 4 is 5.97 Å². The average molecular weight is 210 g/mol. The molecule has 1 atom stereocenters. The zero-order valence-electron chi connectivity index (χ0n) is 9.74. The zero-order chi connectivity index (χ0) is 11.6. The van der Waals surface area contributed by atoms with Gasteiger partial charge in [-0.1, -0.05) is 6.92 Å². The number of hydrogen-bond donors (Lipinski definition) is 1. The predicted molar refractivity (Wildman–Crippen MR) is 58.0 cm³/mol. The fraction of sp³-hybridized carbons (Fsp3) is 0.636. The molecule has 0 aliphatic rings. The summed E-state index contributed by atoms with van der Waals surface area (Å²) in [5.74, 6) is -0.728. The third-order valence-corrected chi connectivity index (χ3v) is 2.71. The lowest BCUT2D eigenvalue weighted by atomic mass is 9.96. The molecule has 1 unspecified atom stereocenters. The second kappa shape index (κ2) is 4.47. The predicted octanol–water partition coefficient (Wildman–Crippen LogP) is 2.10. The van der Waals surface area contributed by atoms with Crippen molar-refractivity contribution in [3.63, 3.8) is 0 Å². The van der Waals surface area contributed by atoms with Crippen molar-refractivity contribution in [3.8, 4) is 0 Å². The maximum atomic E-state index is 10.7. The van der Waals surface area contributed by atoms with Crippen LogP contribution in [0.5, 0.6) is 0 Å². The van der Waals surface area contributed by atoms with E-state index in [1.807, 2.05) is 32.4 Å². The maximum Gasteiger partial charge on any atom is 0.303 e. The Morgan fingerprint density at radius 3 is 2.53 bits per heavy atom. The molecule has 0 saturated heterocycles. The van der Waals surface area contributed by atoms with E-state index in [1.54, 1.807) is 0 Å². The third kappa shape index (κ3) is 2.37. The highest BCUT2D eigenvalue weighted by molar-refractivity contribution is 5.68. The summed E-state index contributed by atoms with van der Waals surface area (Å²) in [5.41, 5.74) is 3.12. The van der Waals surface area contributed by atoms with E-state index in [0.717, 1.165) is 23.5 Å². The highest BCUT2D eigenvalue weighted by Crippen LogP contribution is 2.25. The van der Waals surface area contributed by atoms with Crippen molar-refractivity contribution in [2.75, 3.05) is 0 Å². The quantitative estimate of drug-likeness (QED) is 0.828. The maximum absolute atomic E-state index is 10.7. The summed E-state index contributed by atoms with van der Waals surface area (Å²) in [6.45, 7) is 8.73. The minimum atomic E-state index is -0.759. The molecule has 15 heavy (non-hydrogen) atoms. The van der Waals surface area contributed by atoms with Crippen LogP contribution in [0.2, 0.25) is 0 Å². The van der Waals surface area contributed by atoms with Crippen molar-refractivity contribution in [2.45, 2.75) is 46.6 Å². The van der Waals surface area contributed by atoms with Crippen molar-refractivity contribution in [3.05, 3.63) is 17.0 Å².